The third kappa shape index (κ3) is 2.47. The minimum absolute atomic E-state index is 0.309. The van der Waals surface area contributed by atoms with Crippen molar-refractivity contribution in [1.82, 2.24) is 9.55 Å². The van der Waals surface area contributed by atoms with E-state index in [1.165, 1.54) is 12.1 Å². The summed E-state index contributed by atoms with van der Waals surface area (Å²) in [6, 6.07) is 0. The Kier molecular flexibility index (Phi) is 4.18. The van der Waals surface area contributed by atoms with Gasteiger partial charge in [-0.15, -0.1) is 6.58 Å². The first-order valence-corrected chi connectivity index (χ1v) is 6.64. The van der Waals surface area contributed by atoms with Crippen LogP contribution in [0.3, 0.4) is 0 Å². The Morgan fingerprint density at radius 2 is 2.28 bits per heavy atom. The molecule has 98 valence electrons. The number of fused-ring (bicyclic) bond motifs is 1. The second-order valence-corrected chi connectivity index (χ2v) is 4.49. The monoisotopic (exact) mass is 248 g/mol. The molecule has 1 aromatic heterocycles. The molecule has 0 fully saturated rings. The number of aromatic nitrogens is 2. The topological polar surface area (TPSA) is 44.1 Å². The molecule has 0 spiro atoms. The fourth-order valence-corrected chi connectivity index (χ4v) is 2.41. The van der Waals surface area contributed by atoms with E-state index >= 15 is 0 Å². The molecule has 1 aromatic rings. The molecular weight excluding hydrogens is 228 g/mol. The van der Waals surface area contributed by atoms with Gasteiger partial charge in [-0.25, -0.2) is 9.78 Å². The van der Waals surface area contributed by atoms with Gasteiger partial charge < -0.3 is 9.30 Å². The second kappa shape index (κ2) is 5.85. The predicted molar refractivity (Wildman–Crippen MR) is 69.6 cm³/mol. The molecule has 0 unspecified atom stereocenters. The van der Waals surface area contributed by atoms with Crippen LogP contribution >= 0.6 is 0 Å². The van der Waals surface area contributed by atoms with Crippen LogP contribution in [-0.4, -0.2) is 22.1 Å². The average molecular weight is 248 g/mol. The van der Waals surface area contributed by atoms with Crippen molar-refractivity contribution in [2.45, 2.75) is 45.6 Å². The molecule has 0 bridgehead atoms. The van der Waals surface area contributed by atoms with Crippen molar-refractivity contribution in [1.29, 1.82) is 0 Å². The summed E-state index contributed by atoms with van der Waals surface area (Å²) >= 11 is 0. The first kappa shape index (κ1) is 12.9. The summed E-state index contributed by atoms with van der Waals surface area (Å²) in [7, 11) is 0. The van der Waals surface area contributed by atoms with Crippen molar-refractivity contribution in [3.63, 3.8) is 0 Å². The van der Waals surface area contributed by atoms with Crippen molar-refractivity contribution < 1.29 is 9.53 Å². The van der Waals surface area contributed by atoms with Crippen LogP contribution < -0.4 is 0 Å². The Morgan fingerprint density at radius 1 is 1.50 bits per heavy atom. The number of esters is 1. The average Bonchev–Trinajstić information content (AvgIpc) is 2.75. The van der Waals surface area contributed by atoms with E-state index in [2.05, 4.69) is 11.6 Å². The van der Waals surface area contributed by atoms with Gasteiger partial charge in [0, 0.05) is 12.2 Å². The number of carbonyl (C=O) groups excluding carboxylic acids is 1. The van der Waals surface area contributed by atoms with E-state index in [-0.39, 0.29) is 5.97 Å². The largest absolute Gasteiger partial charge is 0.460 e. The van der Waals surface area contributed by atoms with Crippen LogP contribution in [0.4, 0.5) is 0 Å². The normalized spacial score (nSPS) is 14.1. The molecular formula is C14H20N2O2. The van der Waals surface area contributed by atoms with Crippen LogP contribution in [0.15, 0.2) is 12.7 Å². The van der Waals surface area contributed by atoms with Crippen LogP contribution in [-0.2, 0) is 24.1 Å². The zero-order valence-corrected chi connectivity index (χ0v) is 10.9. The summed E-state index contributed by atoms with van der Waals surface area (Å²) in [5, 5.41) is 0. The smallest absolute Gasteiger partial charge is 0.374 e. The molecule has 1 aliphatic carbocycles. The summed E-state index contributed by atoms with van der Waals surface area (Å²) in [5.74, 6) is 0.154. The summed E-state index contributed by atoms with van der Waals surface area (Å²) in [6.45, 7) is 6.70. The fourth-order valence-electron chi connectivity index (χ4n) is 2.41. The quantitative estimate of drug-likeness (QED) is 0.594. The molecule has 0 saturated heterocycles. The summed E-state index contributed by atoms with van der Waals surface area (Å²) in [4.78, 5) is 16.4. The van der Waals surface area contributed by atoms with Crippen molar-refractivity contribution in [3.8, 4) is 0 Å². The standard InChI is InChI=1S/C14H20N2O2/c1-3-5-10-16-12-9-7-6-8-11(12)15-13(16)14(17)18-4-2/h3H,1,4-10H2,2H3. The lowest BCUT2D eigenvalue weighted by Gasteiger charge is -2.14. The van der Waals surface area contributed by atoms with Crippen LogP contribution in [0.1, 0.15) is 48.2 Å². The van der Waals surface area contributed by atoms with Crippen LogP contribution in [0.25, 0.3) is 0 Å². The van der Waals surface area contributed by atoms with Gasteiger partial charge in [0.1, 0.15) is 0 Å². The molecule has 0 saturated carbocycles. The van der Waals surface area contributed by atoms with Crippen LogP contribution in [0.5, 0.6) is 0 Å². The van der Waals surface area contributed by atoms with Crippen molar-refractivity contribution in [2.75, 3.05) is 6.61 Å². The van der Waals surface area contributed by atoms with Gasteiger partial charge in [-0.3, -0.25) is 0 Å². The number of rotatable bonds is 5. The molecule has 0 amide bonds. The lowest BCUT2D eigenvalue weighted by Crippen LogP contribution is -2.15. The molecule has 0 atom stereocenters. The van der Waals surface area contributed by atoms with E-state index in [0.29, 0.717) is 12.4 Å². The van der Waals surface area contributed by atoms with Gasteiger partial charge in [0.2, 0.25) is 5.82 Å². The fraction of sp³-hybridized carbons (Fsp3) is 0.571. The van der Waals surface area contributed by atoms with Gasteiger partial charge in [-0.05, 0) is 39.0 Å². The molecule has 1 heterocycles. The highest BCUT2D eigenvalue weighted by molar-refractivity contribution is 5.86. The van der Waals surface area contributed by atoms with Gasteiger partial charge in [0.15, 0.2) is 0 Å². The Hall–Kier alpha value is -1.58. The van der Waals surface area contributed by atoms with Crippen molar-refractivity contribution in [3.05, 3.63) is 29.9 Å². The maximum Gasteiger partial charge on any atom is 0.374 e. The number of allylic oxidation sites excluding steroid dienone is 1. The third-order valence-electron chi connectivity index (χ3n) is 3.25. The SMILES string of the molecule is C=CCCn1c(C(=O)OCC)nc2c1CCCC2. The molecule has 0 radical (unpaired) electrons. The Morgan fingerprint density at radius 3 is 3.00 bits per heavy atom. The number of nitrogens with zero attached hydrogens (tertiary/aromatic N) is 2. The van der Waals surface area contributed by atoms with Gasteiger partial charge in [0.25, 0.3) is 0 Å². The maximum absolute atomic E-state index is 11.9. The molecule has 18 heavy (non-hydrogen) atoms. The number of hydrogen-bond donors (Lipinski definition) is 0. The van der Waals surface area contributed by atoms with Crippen LogP contribution in [0.2, 0.25) is 0 Å². The third-order valence-corrected chi connectivity index (χ3v) is 3.25. The maximum atomic E-state index is 11.9. The van der Waals surface area contributed by atoms with E-state index < -0.39 is 0 Å². The number of hydrogen-bond acceptors (Lipinski definition) is 3. The first-order chi connectivity index (χ1) is 8.77. The van der Waals surface area contributed by atoms with E-state index in [4.69, 9.17) is 4.74 Å². The molecule has 4 heteroatoms. The zero-order chi connectivity index (χ0) is 13.0. The lowest BCUT2D eigenvalue weighted by atomic mass is 10.0. The van der Waals surface area contributed by atoms with Gasteiger partial charge in [-0.1, -0.05) is 6.08 Å². The van der Waals surface area contributed by atoms with Crippen LogP contribution in [0, 0.1) is 0 Å². The summed E-state index contributed by atoms with van der Waals surface area (Å²) in [6.07, 6.45) is 7.03. The number of imidazole rings is 1. The molecule has 1 aliphatic rings. The minimum atomic E-state index is -0.309. The van der Waals surface area contributed by atoms with E-state index in [1.807, 2.05) is 17.6 Å². The summed E-state index contributed by atoms with van der Waals surface area (Å²) < 4.78 is 7.10. The molecule has 4 nitrogen and oxygen atoms in total. The van der Waals surface area contributed by atoms with E-state index in [9.17, 15) is 4.79 Å². The highest BCUT2D eigenvalue weighted by atomic mass is 16.5. The van der Waals surface area contributed by atoms with Gasteiger partial charge >= 0.3 is 5.97 Å². The highest BCUT2D eigenvalue weighted by Gasteiger charge is 2.24. The first-order valence-electron chi connectivity index (χ1n) is 6.64. The molecule has 0 N–H and O–H groups in total. The Bertz CT molecular complexity index is 449. The molecule has 0 aliphatic heterocycles. The number of aryl methyl sites for hydroxylation is 1. The van der Waals surface area contributed by atoms with Gasteiger partial charge in [0.05, 0.1) is 12.3 Å². The van der Waals surface area contributed by atoms with Gasteiger partial charge in [-0.2, -0.15) is 0 Å². The molecule has 0 aromatic carbocycles. The lowest BCUT2D eigenvalue weighted by molar-refractivity contribution is 0.0506. The zero-order valence-electron chi connectivity index (χ0n) is 10.9. The summed E-state index contributed by atoms with van der Waals surface area (Å²) in [5.41, 5.74) is 2.29. The van der Waals surface area contributed by atoms with Crippen molar-refractivity contribution in [2.24, 2.45) is 0 Å². The predicted octanol–water partition coefficient (Wildman–Crippen LogP) is 2.51. The number of carbonyl (C=O) groups is 1. The van der Waals surface area contributed by atoms with E-state index in [0.717, 1.165) is 37.9 Å². The minimum Gasteiger partial charge on any atom is -0.460 e. The second-order valence-electron chi connectivity index (χ2n) is 4.49. The Labute approximate surface area is 108 Å². The molecule has 2 rings (SSSR count). The highest BCUT2D eigenvalue weighted by Crippen LogP contribution is 2.23. The van der Waals surface area contributed by atoms with E-state index in [1.54, 1.807) is 0 Å². The number of ether oxygens (including phenoxy) is 1. The van der Waals surface area contributed by atoms with Crippen molar-refractivity contribution >= 4 is 5.97 Å². The Balaban J connectivity index is 2.34.